The highest BCUT2D eigenvalue weighted by Crippen LogP contribution is 2.31. The summed E-state index contributed by atoms with van der Waals surface area (Å²) in [6.45, 7) is 1.62. The molecule has 2 aliphatic rings. The fraction of sp³-hybridized carbons (Fsp3) is 0.583. The van der Waals surface area contributed by atoms with Crippen molar-refractivity contribution >= 4 is 5.82 Å². The van der Waals surface area contributed by atoms with Gasteiger partial charge in [-0.3, -0.25) is 0 Å². The molecule has 2 fully saturated rings. The molecule has 3 rings (SSSR count). The molecule has 0 bridgehead atoms. The van der Waals surface area contributed by atoms with Crippen molar-refractivity contribution in [2.75, 3.05) is 18.1 Å². The number of fused-ring (bicyclic) bond motifs is 1. The van der Waals surface area contributed by atoms with Crippen LogP contribution in [0.5, 0.6) is 0 Å². The second-order valence-corrected chi connectivity index (χ2v) is 4.47. The van der Waals surface area contributed by atoms with Gasteiger partial charge < -0.3 is 9.64 Å². The average molecular weight is 230 g/mol. The molecule has 2 atom stereocenters. The predicted molar refractivity (Wildman–Crippen MR) is 61.5 cm³/mol. The van der Waals surface area contributed by atoms with E-state index >= 15 is 0 Å². The Morgan fingerprint density at radius 1 is 1.35 bits per heavy atom. The molecule has 0 spiro atoms. The zero-order chi connectivity index (χ0) is 11.7. The largest absolute Gasteiger partial charge is 0.374 e. The van der Waals surface area contributed by atoms with E-state index in [0.717, 1.165) is 31.8 Å². The number of rotatable bonds is 1. The average Bonchev–Trinajstić information content (AvgIpc) is 2.87. The first-order chi connectivity index (χ1) is 8.38. The molecule has 5 heteroatoms. The van der Waals surface area contributed by atoms with E-state index in [9.17, 15) is 0 Å². The standard InChI is InChI=1S/C12H14N4O/c13-6-9-7-15-12(8-14-9)16-4-5-17-11-3-1-2-10(11)16/h7-8,10-11H,1-5H2. The second kappa shape index (κ2) is 4.30. The van der Waals surface area contributed by atoms with Gasteiger partial charge in [0.1, 0.15) is 11.9 Å². The molecule has 1 saturated heterocycles. The fourth-order valence-corrected chi connectivity index (χ4v) is 2.74. The summed E-state index contributed by atoms with van der Waals surface area (Å²) < 4.78 is 5.76. The van der Waals surface area contributed by atoms with Crippen LogP contribution in [0.25, 0.3) is 0 Å². The molecule has 1 aliphatic carbocycles. The Morgan fingerprint density at radius 3 is 3.06 bits per heavy atom. The molecule has 5 nitrogen and oxygen atoms in total. The van der Waals surface area contributed by atoms with Crippen LogP contribution in [-0.4, -0.2) is 35.3 Å². The minimum Gasteiger partial charge on any atom is -0.374 e. The quantitative estimate of drug-likeness (QED) is 0.723. The van der Waals surface area contributed by atoms with Gasteiger partial charge in [-0.15, -0.1) is 0 Å². The number of ether oxygens (including phenoxy) is 1. The summed E-state index contributed by atoms with van der Waals surface area (Å²) in [6, 6.07) is 2.42. The monoisotopic (exact) mass is 230 g/mol. The number of aromatic nitrogens is 2. The minimum absolute atomic E-state index is 0.348. The third-order valence-electron chi connectivity index (χ3n) is 3.53. The lowest BCUT2D eigenvalue weighted by atomic mass is 10.1. The maximum atomic E-state index is 8.70. The van der Waals surface area contributed by atoms with Gasteiger partial charge in [0.15, 0.2) is 5.69 Å². The molecule has 0 amide bonds. The van der Waals surface area contributed by atoms with E-state index in [-0.39, 0.29) is 0 Å². The molecule has 1 aromatic rings. The lowest BCUT2D eigenvalue weighted by Crippen LogP contribution is -2.49. The van der Waals surface area contributed by atoms with Gasteiger partial charge in [-0.25, -0.2) is 9.97 Å². The van der Waals surface area contributed by atoms with E-state index in [0.29, 0.717) is 17.8 Å². The fourth-order valence-electron chi connectivity index (χ4n) is 2.74. The molecule has 17 heavy (non-hydrogen) atoms. The first-order valence-corrected chi connectivity index (χ1v) is 5.99. The third kappa shape index (κ3) is 1.85. The maximum absolute atomic E-state index is 8.70. The maximum Gasteiger partial charge on any atom is 0.158 e. The molecule has 0 aromatic carbocycles. The Kier molecular flexibility index (Phi) is 2.65. The molecule has 1 aromatic heterocycles. The lowest BCUT2D eigenvalue weighted by Gasteiger charge is -2.38. The zero-order valence-electron chi connectivity index (χ0n) is 9.54. The summed E-state index contributed by atoms with van der Waals surface area (Å²) in [5, 5.41) is 8.70. The third-order valence-corrected chi connectivity index (χ3v) is 3.53. The minimum atomic E-state index is 0.348. The van der Waals surface area contributed by atoms with Gasteiger partial charge in [-0.2, -0.15) is 5.26 Å². The summed E-state index contributed by atoms with van der Waals surface area (Å²) in [5.41, 5.74) is 0.366. The number of hydrogen-bond donors (Lipinski definition) is 0. The van der Waals surface area contributed by atoms with Gasteiger partial charge in [0, 0.05) is 6.54 Å². The van der Waals surface area contributed by atoms with Crippen LogP contribution in [0.3, 0.4) is 0 Å². The Balaban J connectivity index is 1.84. The number of nitrogens with zero attached hydrogens (tertiary/aromatic N) is 4. The number of hydrogen-bond acceptors (Lipinski definition) is 5. The van der Waals surface area contributed by atoms with Crippen LogP contribution in [0.2, 0.25) is 0 Å². The van der Waals surface area contributed by atoms with Gasteiger partial charge in [-0.05, 0) is 19.3 Å². The molecule has 0 radical (unpaired) electrons. The molecule has 1 aliphatic heterocycles. The number of anilines is 1. The Bertz CT molecular complexity index is 439. The van der Waals surface area contributed by atoms with Gasteiger partial charge in [0.25, 0.3) is 0 Å². The van der Waals surface area contributed by atoms with Crippen LogP contribution in [0, 0.1) is 11.3 Å². The predicted octanol–water partition coefficient (Wildman–Crippen LogP) is 1.11. The molecule has 1 saturated carbocycles. The van der Waals surface area contributed by atoms with Crippen LogP contribution in [-0.2, 0) is 4.74 Å². The van der Waals surface area contributed by atoms with E-state index in [4.69, 9.17) is 10.00 Å². The van der Waals surface area contributed by atoms with Crippen LogP contribution in [0.15, 0.2) is 12.4 Å². The zero-order valence-corrected chi connectivity index (χ0v) is 9.54. The summed E-state index contributed by atoms with van der Waals surface area (Å²) in [6.07, 6.45) is 7.10. The van der Waals surface area contributed by atoms with Gasteiger partial charge >= 0.3 is 0 Å². The van der Waals surface area contributed by atoms with Gasteiger partial charge in [-0.1, -0.05) is 0 Å². The van der Waals surface area contributed by atoms with Crippen molar-refractivity contribution in [2.45, 2.75) is 31.4 Å². The van der Waals surface area contributed by atoms with Crippen molar-refractivity contribution in [3.05, 3.63) is 18.1 Å². The molecular formula is C12H14N4O. The van der Waals surface area contributed by atoms with Crippen molar-refractivity contribution in [2.24, 2.45) is 0 Å². The lowest BCUT2D eigenvalue weighted by molar-refractivity contribution is 0.0253. The Morgan fingerprint density at radius 2 is 2.29 bits per heavy atom. The van der Waals surface area contributed by atoms with Crippen molar-refractivity contribution in [3.63, 3.8) is 0 Å². The second-order valence-electron chi connectivity index (χ2n) is 4.47. The molecular weight excluding hydrogens is 216 g/mol. The highest BCUT2D eigenvalue weighted by molar-refractivity contribution is 5.40. The SMILES string of the molecule is N#Cc1cnc(N2CCOC3CCCC32)cn1. The highest BCUT2D eigenvalue weighted by atomic mass is 16.5. The Hall–Kier alpha value is -1.67. The van der Waals surface area contributed by atoms with Crippen LogP contribution in [0.4, 0.5) is 5.82 Å². The number of morpholine rings is 1. The van der Waals surface area contributed by atoms with Crippen molar-refractivity contribution < 1.29 is 4.74 Å². The van der Waals surface area contributed by atoms with Crippen molar-refractivity contribution in [1.82, 2.24) is 9.97 Å². The summed E-state index contributed by atoms with van der Waals surface area (Å²) in [4.78, 5) is 10.7. The van der Waals surface area contributed by atoms with E-state index in [2.05, 4.69) is 14.9 Å². The van der Waals surface area contributed by atoms with E-state index in [1.165, 1.54) is 12.6 Å². The topological polar surface area (TPSA) is 62.0 Å². The Labute approximate surface area is 100 Å². The highest BCUT2D eigenvalue weighted by Gasteiger charge is 2.36. The summed E-state index contributed by atoms with van der Waals surface area (Å²) in [5.74, 6) is 0.865. The first kappa shape index (κ1) is 10.5. The molecule has 0 N–H and O–H groups in total. The van der Waals surface area contributed by atoms with Crippen molar-refractivity contribution in [1.29, 1.82) is 5.26 Å². The molecule has 88 valence electrons. The van der Waals surface area contributed by atoms with Gasteiger partial charge in [0.2, 0.25) is 0 Å². The number of nitriles is 1. The van der Waals surface area contributed by atoms with Gasteiger partial charge in [0.05, 0.1) is 31.1 Å². The van der Waals surface area contributed by atoms with Crippen LogP contribution in [0.1, 0.15) is 25.0 Å². The van der Waals surface area contributed by atoms with Crippen LogP contribution >= 0.6 is 0 Å². The van der Waals surface area contributed by atoms with E-state index in [1.54, 1.807) is 6.20 Å². The van der Waals surface area contributed by atoms with Crippen molar-refractivity contribution in [3.8, 4) is 6.07 Å². The summed E-state index contributed by atoms with van der Waals surface area (Å²) in [7, 11) is 0. The summed E-state index contributed by atoms with van der Waals surface area (Å²) >= 11 is 0. The normalized spacial score (nSPS) is 27.6. The molecule has 2 heterocycles. The van der Waals surface area contributed by atoms with Crippen LogP contribution < -0.4 is 4.90 Å². The van der Waals surface area contributed by atoms with E-state index in [1.807, 2.05) is 6.07 Å². The molecule has 2 unspecified atom stereocenters. The smallest absolute Gasteiger partial charge is 0.158 e. The van der Waals surface area contributed by atoms with E-state index < -0.39 is 0 Å². The first-order valence-electron chi connectivity index (χ1n) is 5.99.